The maximum atomic E-state index is 5.64. The predicted octanol–water partition coefficient (Wildman–Crippen LogP) is 2.56. The molecule has 0 radical (unpaired) electrons. The van der Waals surface area contributed by atoms with Crippen molar-refractivity contribution in [3.63, 3.8) is 0 Å². The monoisotopic (exact) mass is 229 g/mol. The molecule has 0 fully saturated rings. The van der Waals surface area contributed by atoms with Crippen LogP contribution in [0.4, 0.5) is 0 Å². The number of hydrogen-bond donors (Lipinski definition) is 1. The van der Waals surface area contributed by atoms with Crippen LogP contribution in [0.5, 0.6) is 11.5 Å². The maximum Gasteiger partial charge on any atom is 0.137 e. The molecule has 0 bridgehead atoms. The molecular weight excluding hydrogens is 214 g/mol. The number of hydrogen-bond acceptors (Lipinski definition) is 3. The highest BCUT2D eigenvalue weighted by molar-refractivity contribution is 5.31. The average Bonchev–Trinajstić information content (AvgIpc) is 2.40. The SMILES string of the molecule is NCOc1ccc(OCc2ccccc2)cc1. The van der Waals surface area contributed by atoms with Gasteiger partial charge in [-0.2, -0.15) is 0 Å². The number of rotatable bonds is 5. The summed E-state index contributed by atoms with van der Waals surface area (Å²) < 4.78 is 10.8. The summed E-state index contributed by atoms with van der Waals surface area (Å²) >= 11 is 0. The fourth-order valence-corrected chi connectivity index (χ4v) is 1.47. The van der Waals surface area contributed by atoms with E-state index in [1.807, 2.05) is 54.6 Å². The van der Waals surface area contributed by atoms with Gasteiger partial charge in [0, 0.05) is 0 Å². The summed E-state index contributed by atoms with van der Waals surface area (Å²) in [4.78, 5) is 0. The number of nitrogens with two attached hydrogens (primary N) is 1. The minimum atomic E-state index is 0.185. The van der Waals surface area contributed by atoms with Crippen molar-refractivity contribution in [2.24, 2.45) is 5.73 Å². The van der Waals surface area contributed by atoms with E-state index in [2.05, 4.69) is 0 Å². The zero-order chi connectivity index (χ0) is 11.9. The van der Waals surface area contributed by atoms with Crippen molar-refractivity contribution in [1.29, 1.82) is 0 Å². The van der Waals surface area contributed by atoms with Crippen LogP contribution in [0.1, 0.15) is 5.56 Å². The van der Waals surface area contributed by atoms with Crippen LogP contribution in [0, 0.1) is 0 Å². The van der Waals surface area contributed by atoms with E-state index in [0.29, 0.717) is 6.61 Å². The van der Waals surface area contributed by atoms with Crippen molar-refractivity contribution in [3.8, 4) is 11.5 Å². The first kappa shape index (κ1) is 11.5. The molecule has 0 spiro atoms. The molecule has 0 aliphatic rings. The molecule has 0 saturated heterocycles. The van der Waals surface area contributed by atoms with Gasteiger partial charge in [0.2, 0.25) is 0 Å². The van der Waals surface area contributed by atoms with E-state index in [1.54, 1.807) is 0 Å². The molecule has 0 aliphatic carbocycles. The van der Waals surface area contributed by atoms with Crippen molar-refractivity contribution >= 4 is 0 Å². The van der Waals surface area contributed by atoms with Gasteiger partial charge in [0.1, 0.15) is 24.8 Å². The third kappa shape index (κ3) is 3.50. The molecule has 0 saturated carbocycles. The molecule has 2 N–H and O–H groups in total. The molecule has 2 aromatic rings. The molecule has 0 atom stereocenters. The lowest BCUT2D eigenvalue weighted by Gasteiger charge is -2.07. The topological polar surface area (TPSA) is 44.5 Å². The van der Waals surface area contributed by atoms with Gasteiger partial charge in [-0.25, -0.2) is 0 Å². The average molecular weight is 229 g/mol. The van der Waals surface area contributed by atoms with Crippen LogP contribution in [0.25, 0.3) is 0 Å². The molecule has 2 aromatic carbocycles. The van der Waals surface area contributed by atoms with Gasteiger partial charge in [-0.1, -0.05) is 30.3 Å². The van der Waals surface area contributed by atoms with Gasteiger partial charge in [0.15, 0.2) is 0 Å². The molecule has 0 aromatic heterocycles. The van der Waals surface area contributed by atoms with E-state index in [4.69, 9.17) is 15.2 Å². The van der Waals surface area contributed by atoms with Gasteiger partial charge in [0.25, 0.3) is 0 Å². The van der Waals surface area contributed by atoms with Gasteiger partial charge in [0.05, 0.1) is 0 Å². The molecule has 3 nitrogen and oxygen atoms in total. The second kappa shape index (κ2) is 5.92. The van der Waals surface area contributed by atoms with Crippen LogP contribution < -0.4 is 15.2 Å². The van der Waals surface area contributed by atoms with E-state index in [0.717, 1.165) is 17.1 Å². The highest BCUT2D eigenvalue weighted by atomic mass is 16.5. The molecule has 0 amide bonds. The predicted molar refractivity (Wildman–Crippen MR) is 66.9 cm³/mol. The van der Waals surface area contributed by atoms with Crippen molar-refractivity contribution in [2.45, 2.75) is 6.61 Å². The first-order valence-electron chi connectivity index (χ1n) is 5.48. The Bertz CT molecular complexity index is 440. The summed E-state index contributed by atoms with van der Waals surface area (Å²) in [5.41, 5.74) is 6.43. The molecule has 17 heavy (non-hydrogen) atoms. The molecule has 3 heteroatoms. The zero-order valence-corrected chi connectivity index (χ0v) is 9.50. The highest BCUT2D eigenvalue weighted by Gasteiger charge is 1.96. The van der Waals surface area contributed by atoms with Crippen molar-refractivity contribution in [2.75, 3.05) is 6.73 Å². The van der Waals surface area contributed by atoms with Gasteiger partial charge >= 0.3 is 0 Å². The zero-order valence-electron chi connectivity index (χ0n) is 9.50. The fourth-order valence-electron chi connectivity index (χ4n) is 1.47. The largest absolute Gasteiger partial charge is 0.489 e. The van der Waals surface area contributed by atoms with E-state index in [1.165, 1.54) is 0 Å². The summed E-state index contributed by atoms with van der Waals surface area (Å²) in [5, 5.41) is 0. The summed E-state index contributed by atoms with van der Waals surface area (Å²) in [5.74, 6) is 1.57. The standard InChI is InChI=1S/C14H15NO2/c15-11-17-14-8-6-13(7-9-14)16-10-12-4-2-1-3-5-12/h1-9H,10-11,15H2. The molecule has 88 valence electrons. The lowest BCUT2D eigenvalue weighted by molar-refractivity contribution is 0.303. The summed E-state index contributed by atoms with van der Waals surface area (Å²) in [6, 6.07) is 17.5. The third-order valence-corrected chi connectivity index (χ3v) is 2.32. The Labute approximate surface area is 101 Å². The summed E-state index contributed by atoms with van der Waals surface area (Å²) in [6.07, 6.45) is 0. The van der Waals surface area contributed by atoms with E-state index in [-0.39, 0.29) is 6.73 Å². The Balaban J connectivity index is 1.91. The maximum absolute atomic E-state index is 5.64. The lowest BCUT2D eigenvalue weighted by Crippen LogP contribution is -2.07. The number of benzene rings is 2. The van der Waals surface area contributed by atoms with Crippen LogP contribution in [0.2, 0.25) is 0 Å². The summed E-state index contributed by atoms with van der Waals surface area (Å²) in [6.45, 7) is 0.752. The Morgan fingerprint density at radius 2 is 1.35 bits per heavy atom. The van der Waals surface area contributed by atoms with E-state index >= 15 is 0 Å². The van der Waals surface area contributed by atoms with Crippen LogP contribution in [0.15, 0.2) is 54.6 Å². The first-order chi connectivity index (χ1) is 8.38. The minimum Gasteiger partial charge on any atom is -0.489 e. The molecule has 0 unspecified atom stereocenters. The fraction of sp³-hybridized carbons (Fsp3) is 0.143. The first-order valence-corrected chi connectivity index (χ1v) is 5.48. The lowest BCUT2D eigenvalue weighted by atomic mass is 10.2. The van der Waals surface area contributed by atoms with Gasteiger partial charge in [-0.05, 0) is 29.8 Å². The van der Waals surface area contributed by atoms with Crippen molar-refractivity contribution < 1.29 is 9.47 Å². The van der Waals surface area contributed by atoms with Crippen LogP contribution >= 0.6 is 0 Å². The second-order valence-corrected chi connectivity index (χ2v) is 3.56. The summed E-state index contributed by atoms with van der Waals surface area (Å²) in [7, 11) is 0. The Morgan fingerprint density at radius 1 is 0.765 bits per heavy atom. The molecular formula is C14H15NO2. The number of ether oxygens (including phenoxy) is 2. The van der Waals surface area contributed by atoms with Crippen LogP contribution in [-0.4, -0.2) is 6.73 Å². The van der Waals surface area contributed by atoms with Gasteiger partial charge < -0.3 is 9.47 Å². The van der Waals surface area contributed by atoms with Crippen molar-refractivity contribution in [1.82, 2.24) is 0 Å². The van der Waals surface area contributed by atoms with Crippen LogP contribution in [-0.2, 0) is 6.61 Å². The van der Waals surface area contributed by atoms with Crippen LogP contribution in [0.3, 0.4) is 0 Å². The molecule has 0 heterocycles. The van der Waals surface area contributed by atoms with E-state index < -0.39 is 0 Å². The highest BCUT2D eigenvalue weighted by Crippen LogP contribution is 2.18. The minimum absolute atomic E-state index is 0.185. The van der Waals surface area contributed by atoms with Crippen molar-refractivity contribution in [3.05, 3.63) is 60.2 Å². The Morgan fingerprint density at radius 3 is 1.94 bits per heavy atom. The molecule has 2 rings (SSSR count). The Kier molecular flexibility index (Phi) is 4.00. The molecule has 0 aliphatic heterocycles. The van der Waals surface area contributed by atoms with Gasteiger partial charge in [-0.3, -0.25) is 5.73 Å². The van der Waals surface area contributed by atoms with Gasteiger partial charge in [-0.15, -0.1) is 0 Å². The smallest absolute Gasteiger partial charge is 0.137 e. The second-order valence-electron chi connectivity index (χ2n) is 3.56. The van der Waals surface area contributed by atoms with E-state index in [9.17, 15) is 0 Å². The quantitative estimate of drug-likeness (QED) is 0.801. The normalized spacial score (nSPS) is 9.94. The Hall–Kier alpha value is -2.00. The third-order valence-electron chi connectivity index (χ3n) is 2.32.